The Bertz CT molecular complexity index is 930. The Hall–Kier alpha value is -1.78. The average molecular weight is 436 g/mol. The van der Waals surface area contributed by atoms with Crippen molar-refractivity contribution < 1.29 is 13.9 Å². The topological polar surface area (TPSA) is 39.4 Å². The molecule has 3 nitrogen and oxygen atoms in total. The number of halogens is 2. The molecule has 0 amide bonds. The summed E-state index contributed by atoms with van der Waals surface area (Å²) in [7, 11) is 0. The maximum Gasteiger partial charge on any atom is 0.197 e. The highest BCUT2D eigenvalue weighted by atomic mass is 79.9. The minimum Gasteiger partial charge on any atom is -0.492 e. The van der Waals surface area contributed by atoms with Crippen LogP contribution in [0.4, 0.5) is 0 Å². The number of benzene rings is 2. The summed E-state index contributed by atoms with van der Waals surface area (Å²) in [5.74, 6) is 1.30. The molecular formula is C21H20BrClO3. The fourth-order valence-corrected chi connectivity index (χ4v) is 3.31. The van der Waals surface area contributed by atoms with Gasteiger partial charge in [0.1, 0.15) is 17.1 Å². The van der Waals surface area contributed by atoms with Crippen LogP contribution in [-0.2, 0) is 0 Å². The normalized spacial score (nSPS) is 11.3. The van der Waals surface area contributed by atoms with Crippen molar-refractivity contribution in [3.63, 3.8) is 0 Å². The number of alkyl halides is 1. The smallest absolute Gasteiger partial charge is 0.197 e. The number of ketones is 1. The summed E-state index contributed by atoms with van der Waals surface area (Å²) in [6.45, 7) is 4.60. The quantitative estimate of drug-likeness (QED) is 0.238. The van der Waals surface area contributed by atoms with Crippen LogP contribution in [0.1, 0.15) is 47.9 Å². The van der Waals surface area contributed by atoms with Gasteiger partial charge in [0.2, 0.25) is 0 Å². The SMILES string of the molecule is CC(C)c1oc2ccccc2c1C(=O)c1ccc(OCCCBr)c(Cl)c1. The molecule has 0 atom stereocenters. The van der Waals surface area contributed by atoms with E-state index >= 15 is 0 Å². The molecule has 0 aliphatic heterocycles. The van der Waals surface area contributed by atoms with E-state index in [2.05, 4.69) is 15.9 Å². The van der Waals surface area contributed by atoms with Crippen molar-refractivity contribution in [2.24, 2.45) is 0 Å². The van der Waals surface area contributed by atoms with E-state index in [0.29, 0.717) is 34.3 Å². The molecule has 0 N–H and O–H groups in total. The highest BCUT2D eigenvalue weighted by Gasteiger charge is 2.24. The number of carbonyl (C=O) groups excluding carboxylic acids is 1. The van der Waals surface area contributed by atoms with Crippen LogP contribution in [0.5, 0.6) is 5.75 Å². The summed E-state index contributed by atoms with van der Waals surface area (Å²) < 4.78 is 11.6. The second-order valence-electron chi connectivity index (χ2n) is 6.36. The summed E-state index contributed by atoms with van der Waals surface area (Å²) in [4.78, 5) is 13.2. The Balaban J connectivity index is 1.98. The summed E-state index contributed by atoms with van der Waals surface area (Å²) in [5, 5.41) is 2.13. The maximum absolute atomic E-state index is 13.2. The summed E-state index contributed by atoms with van der Waals surface area (Å²) >= 11 is 9.69. The van der Waals surface area contributed by atoms with Crippen LogP contribution in [0.2, 0.25) is 5.02 Å². The van der Waals surface area contributed by atoms with Gasteiger partial charge in [-0.25, -0.2) is 0 Å². The number of fused-ring (bicyclic) bond motifs is 1. The van der Waals surface area contributed by atoms with Gasteiger partial charge >= 0.3 is 0 Å². The van der Waals surface area contributed by atoms with Crippen LogP contribution in [0, 0.1) is 0 Å². The minimum absolute atomic E-state index is 0.0902. The monoisotopic (exact) mass is 434 g/mol. The second-order valence-corrected chi connectivity index (χ2v) is 7.56. The first-order chi connectivity index (χ1) is 12.5. The molecule has 0 unspecified atom stereocenters. The number of rotatable bonds is 7. The molecule has 0 aliphatic rings. The van der Waals surface area contributed by atoms with Crippen molar-refractivity contribution in [2.75, 3.05) is 11.9 Å². The Labute approximate surface area is 166 Å². The van der Waals surface area contributed by atoms with E-state index in [0.717, 1.165) is 22.7 Å². The summed E-state index contributed by atoms with van der Waals surface area (Å²) in [6, 6.07) is 12.8. The fourth-order valence-electron chi connectivity index (χ4n) is 2.85. The third-order valence-electron chi connectivity index (χ3n) is 4.10. The number of hydrogen-bond donors (Lipinski definition) is 0. The molecule has 136 valence electrons. The molecule has 0 spiro atoms. The van der Waals surface area contributed by atoms with Gasteiger partial charge in [-0.15, -0.1) is 0 Å². The summed E-state index contributed by atoms with van der Waals surface area (Å²) in [5.41, 5.74) is 1.86. The molecule has 1 aromatic heterocycles. The lowest BCUT2D eigenvalue weighted by molar-refractivity contribution is 0.103. The molecule has 3 aromatic rings. The lowest BCUT2D eigenvalue weighted by Gasteiger charge is -2.09. The number of furan rings is 1. The molecule has 0 radical (unpaired) electrons. The maximum atomic E-state index is 13.2. The molecule has 0 fully saturated rings. The number of hydrogen-bond acceptors (Lipinski definition) is 3. The Morgan fingerprint density at radius 1 is 1.23 bits per heavy atom. The van der Waals surface area contributed by atoms with E-state index in [1.54, 1.807) is 18.2 Å². The van der Waals surface area contributed by atoms with E-state index in [1.807, 2.05) is 38.1 Å². The van der Waals surface area contributed by atoms with Gasteiger partial charge in [0.05, 0.1) is 17.2 Å². The van der Waals surface area contributed by atoms with Crippen LogP contribution in [-0.4, -0.2) is 17.7 Å². The van der Waals surface area contributed by atoms with Gasteiger partial charge in [-0.1, -0.05) is 59.6 Å². The highest BCUT2D eigenvalue weighted by Crippen LogP contribution is 2.34. The second kappa shape index (κ2) is 8.28. The molecule has 3 rings (SSSR count). The predicted molar refractivity (Wildman–Crippen MR) is 109 cm³/mol. The van der Waals surface area contributed by atoms with Crippen molar-refractivity contribution in [2.45, 2.75) is 26.2 Å². The first-order valence-corrected chi connectivity index (χ1v) is 10.1. The molecule has 0 saturated carbocycles. The zero-order chi connectivity index (χ0) is 18.7. The van der Waals surface area contributed by atoms with E-state index in [1.165, 1.54) is 0 Å². The Kier molecular flexibility index (Phi) is 6.05. The average Bonchev–Trinajstić information content (AvgIpc) is 3.02. The molecular weight excluding hydrogens is 416 g/mol. The Morgan fingerprint density at radius 2 is 2.00 bits per heavy atom. The van der Waals surface area contributed by atoms with Gasteiger partial charge in [-0.3, -0.25) is 4.79 Å². The first kappa shape index (κ1) is 19.0. The van der Waals surface area contributed by atoms with Crippen LogP contribution >= 0.6 is 27.5 Å². The summed E-state index contributed by atoms with van der Waals surface area (Å²) in [6.07, 6.45) is 0.885. The van der Waals surface area contributed by atoms with Gasteiger partial charge < -0.3 is 9.15 Å². The van der Waals surface area contributed by atoms with Crippen molar-refractivity contribution in [3.8, 4) is 5.75 Å². The number of carbonyl (C=O) groups is 1. The zero-order valence-electron chi connectivity index (χ0n) is 14.7. The third-order valence-corrected chi connectivity index (χ3v) is 4.96. The first-order valence-electron chi connectivity index (χ1n) is 8.57. The number of para-hydroxylation sites is 1. The van der Waals surface area contributed by atoms with Crippen molar-refractivity contribution in [3.05, 3.63) is 64.4 Å². The lowest BCUT2D eigenvalue weighted by atomic mass is 9.96. The molecule has 1 heterocycles. The van der Waals surface area contributed by atoms with Crippen molar-refractivity contribution in [1.29, 1.82) is 0 Å². The van der Waals surface area contributed by atoms with E-state index < -0.39 is 0 Å². The van der Waals surface area contributed by atoms with Crippen molar-refractivity contribution in [1.82, 2.24) is 0 Å². The van der Waals surface area contributed by atoms with E-state index in [9.17, 15) is 4.79 Å². The predicted octanol–water partition coefficient (Wildman–Crippen LogP) is 6.60. The largest absolute Gasteiger partial charge is 0.492 e. The zero-order valence-corrected chi connectivity index (χ0v) is 17.1. The van der Waals surface area contributed by atoms with Gasteiger partial charge in [0, 0.05) is 22.2 Å². The number of ether oxygens (including phenoxy) is 1. The van der Waals surface area contributed by atoms with Gasteiger partial charge in [-0.05, 0) is 30.7 Å². The molecule has 26 heavy (non-hydrogen) atoms. The minimum atomic E-state index is -0.0902. The van der Waals surface area contributed by atoms with Crippen LogP contribution in [0.3, 0.4) is 0 Å². The van der Waals surface area contributed by atoms with Gasteiger partial charge in [0.25, 0.3) is 0 Å². The van der Waals surface area contributed by atoms with Gasteiger partial charge in [-0.2, -0.15) is 0 Å². The van der Waals surface area contributed by atoms with Crippen LogP contribution < -0.4 is 4.74 Å². The fraction of sp³-hybridized carbons (Fsp3) is 0.286. The standard InChI is InChI=1S/C21H20BrClO3/c1-13(2)21-19(15-6-3-4-7-17(15)26-21)20(24)14-8-9-18(16(23)12-14)25-11-5-10-22/h3-4,6-9,12-13H,5,10-11H2,1-2H3. The van der Waals surface area contributed by atoms with Crippen LogP contribution in [0.25, 0.3) is 11.0 Å². The van der Waals surface area contributed by atoms with Gasteiger partial charge in [0.15, 0.2) is 5.78 Å². The molecule has 0 bridgehead atoms. The van der Waals surface area contributed by atoms with Crippen LogP contribution in [0.15, 0.2) is 46.9 Å². The van der Waals surface area contributed by atoms with Crippen molar-refractivity contribution >= 4 is 44.3 Å². The highest BCUT2D eigenvalue weighted by molar-refractivity contribution is 9.09. The van der Waals surface area contributed by atoms with E-state index in [-0.39, 0.29) is 11.7 Å². The molecule has 0 saturated heterocycles. The lowest BCUT2D eigenvalue weighted by Crippen LogP contribution is -2.05. The van der Waals surface area contributed by atoms with E-state index in [4.69, 9.17) is 20.8 Å². The molecule has 0 aliphatic carbocycles. The Morgan fingerprint density at radius 3 is 2.69 bits per heavy atom. The molecule has 5 heteroatoms. The molecule has 2 aromatic carbocycles. The third kappa shape index (κ3) is 3.81.